The van der Waals surface area contributed by atoms with Gasteiger partial charge in [0.15, 0.2) is 0 Å². The Morgan fingerprint density at radius 2 is 2.24 bits per heavy atom. The summed E-state index contributed by atoms with van der Waals surface area (Å²) in [5.74, 6) is -0.333. The quantitative estimate of drug-likeness (QED) is 0.813. The molecule has 0 saturated heterocycles. The number of aliphatic carboxylic acids is 1. The minimum atomic E-state index is -0.749. The molecule has 0 aliphatic heterocycles. The molecule has 1 aromatic rings. The van der Waals surface area contributed by atoms with Crippen LogP contribution in [0, 0.1) is 5.92 Å². The molecule has 1 aromatic heterocycles. The minimum absolute atomic E-state index is 0.120. The standard InChI is InChI=1S/C13H21NO2S/c1-4-7-14(9-12(15)16)13(10(2)3)11-6-5-8-17-11/h5-6,8,10,13H,4,7,9H2,1-3H3,(H,15,16). The summed E-state index contributed by atoms with van der Waals surface area (Å²) in [5.41, 5.74) is 0. The van der Waals surface area contributed by atoms with Gasteiger partial charge in [0.25, 0.3) is 0 Å². The fraction of sp³-hybridized carbons (Fsp3) is 0.615. The molecule has 1 N–H and O–H groups in total. The summed E-state index contributed by atoms with van der Waals surface area (Å²) in [7, 11) is 0. The Balaban J connectivity index is 2.89. The van der Waals surface area contributed by atoms with E-state index < -0.39 is 5.97 Å². The van der Waals surface area contributed by atoms with E-state index in [0.29, 0.717) is 5.92 Å². The number of hydrogen-bond donors (Lipinski definition) is 1. The Morgan fingerprint density at radius 1 is 1.53 bits per heavy atom. The molecule has 0 aliphatic carbocycles. The Morgan fingerprint density at radius 3 is 2.65 bits per heavy atom. The molecule has 17 heavy (non-hydrogen) atoms. The summed E-state index contributed by atoms with van der Waals surface area (Å²) in [6.07, 6.45) is 0.974. The lowest BCUT2D eigenvalue weighted by atomic mass is 10.0. The van der Waals surface area contributed by atoms with Crippen LogP contribution < -0.4 is 0 Å². The number of carboxylic acids is 1. The highest BCUT2D eigenvalue weighted by Crippen LogP contribution is 2.31. The Kier molecular flexibility index (Phi) is 5.65. The first kappa shape index (κ1) is 14.2. The predicted molar refractivity (Wildman–Crippen MR) is 71.4 cm³/mol. The molecule has 0 radical (unpaired) electrons. The van der Waals surface area contributed by atoms with Gasteiger partial charge in [-0.3, -0.25) is 9.69 Å². The highest BCUT2D eigenvalue weighted by Gasteiger charge is 2.25. The van der Waals surface area contributed by atoms with Crippen LogP contribution in [0.25, 0.3) is 0 Å². The van der Waals surface area contributed by atoms with Crippen LogP contribution in [-0.2, 0) is 4.79 Å². The molecular formula is C13H21NO2S. The van der Waals surface area contributed by atoms with Crippen LogP contribution in [-0.4, -0.2) is 29.1 Å². The Bertz CT molecular complexity index is 335. The average Bonchev–Trinajstić information content (AvgIpc) is 2.70. The van der Waals surface area contributed by atoms with Crippen molar-refractivity contribution in [3.8, 4) is 0 Å². The minimum Gasteiger partial charge on any atom is -0.480 e. The third-order valence-corrected chi connectivity index (χ3v) is 3.65. The molecule has 96 valence electrons. The SMILES string of the molecule is CCCN(CC(=O)O)C(c1cccs1)C(C)C. The van der Waals surface area contributed by atoms with Crippen LogP contribution in [0.1, 0.15) is 38.1 Å². The normalized spacial score (nSPS) is 13.2. The lowest BCUT2D eigenvalue weighted by Crippen LogP contribution is -2.36. The number of carbonyl (C=O) groups is 1. The first-order valence-corrected chi connectivity index (χ1v) is 6.93. The van der Waals surface area contributed by atoms with Gasteiger partial charge >= 0.3 is 5.97 Å². The summed E-state index contributed by atoms with van der Waals surface area (Å²) in [6, 6.07) is 4.34. The molecule has 0 aromatic carbocycles. The monoisotopic (exact) mass is 255 g/mol. The molecule has 0 fully saturated rings. The van der Waals surface area contributed by atoms with Crippen LogP contribution >= 0.6 is 11.3 Å². The number of hydrogen-bond acceptors (Lipinski definition) is 3. The van der Waals surface area contributed by atoms with E-state index in [-0.39, 0.29) is 12.6 Å². The van der Waals surface area contributed by atoms with Crippen molar-refractivity contribution >= 4 is 17.3 Å². The van der Waals surface area contributed by atoms with Gasteiger partial charge in [-0.25, -0.2) is 0 Å². The molecule has 1 rings (SSSR count). The maximum absolute atomic E-state index is 10.9. The van der Waals surface area contributed by atoms with E-state index in [2.05, 4.69) is 37.1 Å². The van der Waals surface area contributed by atoms with Crippen LogP contribution in [0.4, 0.5) is 0 Å². The first-order chi connectivity index (χ1) is 8.06. The van der Waals surface area contributed by atoms with Gasteiger partial charge in [0.05, 0.1) is 6.54 Å². The number of nitrogens with zero attached hydrogens (tertiary/aromatic N) is 1. The second-order valence-electron chi connectivity index (χ2n) is 4.57. The zero-order valence-corrected chi connectivity index (χ0v) is 11.5. The zero-order chi connectivity index (χ0) is 12.8. The van der Waals surface area contributed by atoms with Gasteiger partial charge < -0.3 is 5.11 Å². The molecule has 3 nitrogen and oxygen atoms in total. The van der Waals surface area contributed by atoms with Crippen molar-refractivity contribution in [1.29, 1.82) is 0 Å². The van der Waals surface area contributed by atoms with Gasteiger partial charge in [0.2, 0.25) is 0 Å². The second-order valence-corrected chi connectivity index (χ2v) is 5.55. The van der Waals surface area contributed by atoms with Gasteiger partial charge in [-0.05, 0) is 30.3 Å². The summed E-state index contributed by atoms with van der Waals surface area (Å²) in [6.45, 7) is 7.33. The lowest BCUT2D eigenvalue weighted by Gasteiger charge is -2.32. The maximum atomic E-state index is 10.9. The Labute approximate surface area is 107 Å². The smallest absolute Gasteiger partial charge is 0.317 e. The van der Waals surface area contributed by atoms with Crippen molar-refractivity contribution in [2.24, 2.45) is 5.92 Å². The molecule has 0 aliphatic rings. The lowest BCUT2D eigenvalue weighted by molar-refractivity contribution is -0.139. The number of thiophene rings is 1. The van der Waals surface area contributed by atoms with Gasteiger partial charge in [0, 0.05) is 10.9 Å². The fourth-order valence-corrected chi connectivity index (χ4v) is 3.20. The third-order valence-electron chi connectivity index (χ3n) is 2.71. The molecular weight excluding hydrogens is 234 g/mol. The van der Waals surface area contributed by atoms with E-state index >= 15 is 0 Å². The average molecular weight is 255 g/mol. The van der Waals surface area contributed by atoms with E-state index in [9.17, 15) is 4.79 Å². The molecule has 1 unspecified atom stereocenters. The highest BCUT2D eigenvalue weighted by atomic mass is 32.1. The van der Waals surface area contributed by atoms with Crippen molar-refractivity contribution in [2.75, 3.05) is 13.1 Å². The van der Waals surface area contributed by atoms with Gasteiger partial charge in [-0.1, -0.05) is 26.8 Å². The summed E-state index contributed by atoms with van der Waals surface area (Å²) in [4.78, 5) is 14.3. The molecule has 1 atom stereocenters. The van der Waals surface area contributed by atoms with Crippen LogP contribution in [0.15, 0.2) is 17.5 Å². The van der Waals surface area contributed by atoms with Crippen molar-refractivity contribution in [1.82, 2.24) is 4.90 Å². The molecule has 1 heterocycles. The maximum Gasteiger partial charge on any atom is 0.317 e. The van der Waals surface area contributed by atoms with E-state index in [4.69, 9.17) is 5.11 Å². The van der Waals surface area contributed by atoms with Crippen molar-refractivity contribution in [3.63, 3.8) is 0 Å². The molecule has 0 spiro atoms. The van der Waals surface area contributed by atoms with Crippen LogP contribution in [0.2, 0.25) is 0 Å². The van der Waals surface area contributed by atoms with Gasteiger partial charge in [-0.15, -0.1) is 11.3 Å². The fourth-order valence-electron chi connectivity index (χ4n) is 2.17. The molecule has 0 amide bonds. The largest absolute Gasteiger partial charge is 0.480 e. The van der Waals surface area contributed by atoms with E-state index in [0.717, 1.165) is 13.0 Å². The zero-order valence-electron chi connectivity index (χ0n) is 10.7. The number of rotatable bonds is 7. The molecule has 4 heteroatoms. The van der Waals surface area contributed by atoms with Crippen molar-refractivity contribution in [3.05, 3.63) is 22.4 Å². The predicted octanol–water partition coefficient (Wildman–Crippen LogP) is 3.24. The number of carboxylic acid groups (broad SMARTS) is 1. The van der Waals surface area contributed by atoms with Gasteiger partial charge in [0.1, 0.15) is 0 Å². The van der Waals surface area contributed by atoms with E-state index in [1.54, 1.807) is 11.3 Å². The van der Waals surface area contributed by atoms with Gasteiger partial charge in [-0.2, -0.15) is 0 Å². The molecule has 0 saturated carbocycles. The van der Waals surface area contributed by atoms with Crippen LogP contribution in [0.3, 0.4) is 0 Å². The summed E-state index contributed by atoms with van der Waals surface area (Å²) < 4.78 is 0. The van der Waals surface area contributed by atoms with Crippen LogP contribution in [0.5, 0.6) is 0 Å². The van der Waals surface area contributed by atoms with E-state index in [1.165, 1.54) is 4.88 Å². The van der Waals surface area contributed by atoms with Crippen molar-refractivity contribution < 1.29 is 9.90 Å². The summed E-state index contributed by atoms with van der Waals surface area (Å²) in [5, 5.41) is 11.1. The first-order valence-electron chi connectivity index (χ1n) is 6.05. The summed E-state index contributed by atoms with van der Waals surface area (Å²) >= 11 is 1.71. The third kappa shape index (κ3) is 4.13. The Hall–Kier alpha value is -0.870. The van der Waals surface area contributed by atoms with E-state index in [1.807, 2.05) is 6.07 Å². The topological polar surface area (TPSA) is 40.5 Å². The van der Waals surface area contributed by atoms with Crippen molar-refractivity contribution in [2.45, 2.75) is 33.2 Å². The highest BCUT2D eigenvalue weighted by molar-refractivity contribution is 7.10. The molecule has 0 bridgehead atoms. The second kappa shape index (κ2) is 6.77.